The summed E-state index contributed by atoms with van der Waals surface area (Å²) in [6.45, 7) is 8.63. The smallest absolute Gasteiger partial charge is 0.308 e. The Balaban J connectivity index is 1.92. The van der Waals surface area contributed by atoms with Crippen LogP contribution in [0.5, 0.6) is 0 Å². The van der Waals surface area contributed by atoms with Crippen LogP contribution in [0.15, 0.2) is 0 Å². The third-order valence-corrected chi connectivity index (χ3v) is 2.71. The van der Waals surface area contributed by atoms with Gasteiger partial charge in [-0.15, -0.1) is 0 Å². The van der Waals surface area contributed by atoms with Crippen molar-refractivity contribution in [2.75, 3.05) is 0 Å². The summed E-state index contributed by atoms with van der Waals surface area (Å²) in [5, 5.41) is 0. The third kappa shape index (κ3) is 6.11. The maximum Gasteiger partial charge on any atom is 0.308 e. The first-order valence-corrected chi connectivity index (χ1v) is 6.23. The van der Waals surface area contributed by atoms with Gasteiger partial charge in [0.2, 0.25) is 6.29 Å². The minimum absolute atomic E-state index is 0.102. The zero-order chi connectivity index (χ0) is 12.2. The fraction of sp³-hybridized carbons (Fsp3) is 0.923. The minimum atomic E-state index is -0.262. The van der Waals surface area contributed by atoms with Gasteiger partial charge in [0.1, 0.15) is 6.10 Å². The Morgan fingerprint density at radius 1 is 1.25 bits per heavy atom. The first-order chi connectivity index (χ1) is 7.38. The first-order valence-electron chi connectivity index (χ1n) is 6.23. The summed E-state index contributed by atoms with van der Waals surface area (Å²) in [4.78, 5) is 11.3. The summed E-state index contributed by atoms with van der Waals surface area (Å²) >= 11 is 0. The Bertz CT molecular complexity index is 230. The van der Waals surface area contributed by atoms with Gasteiger partial charge in [-0.05, 0) is 25.2 Å². The molecule has 0 radical (unpaired) electrons. The SMILES string of the molecule is CC1OC1OC(=O)CCCCCC(C)(C)C. The van der Waals surface area contributed by atoms with Gasteiger partial charge < -0.3 is 9.47 Å². The average Bonchev–Trinajstić information content (AvgIpc) is 2.79. The van der Waals surface area contributed by atoms with Crippen molar-refractivity contribution in [2.24, 2.45) is 5.41 Å². The largest absolute Gasteiger partial charge is 0.433 e. The lowest BCUT2D eigenvalue weighted by atomic mass is 9.89. The van der Waals surface area contributed by atoms with Crippen LogP contribution in [-0.2, 0) is 14.3 Å². The minimum Gasteiger partial charge on any atom is -0.433 e. The molecule has 16 heavy (non-hydrogen) atoms. The number of esters is 1. The summed E-state index contributed by atoms with van der Waals surface area (Å²) < 4.78 is 10.1. The molecule has 1 rings (SSSR count). The van der Waals surface area contributed by atoms with Crippen LogP contribution in [0.2, 0.25) is 0 Å². The lowest BCUT2D eigenvalue weighted by molar-refractivity contribution is -0.148. The van der Waals surface area contributed by atoms with Crippen molar-refractivity contribution in [3.05, 3.63) is 0 Å². The summed E-state index contributed by atoms with van der Waals surface area (Å²) in [6.07, 6.45) is 4.80. The highest BCUT2D eigenvalue weighted by molar-refractivity contribution is 5.69. The van der Waals surface area contributed by atoms with Crippen LogP contribution in [0.25, 0.3) is 0 Å². The van der Waals surface area contributed by atoms with Gasteiger partial charge in [0.15, 0.2) is 0 Å². The fourth-order valence-electron chi connectivity index (χ4n) is 1.58. The van der Waals surface area contributed by atoms with Gasteiger partial charge in [0.25, 0.3) is 0 Å². The van der Waals surface area contributed by atoms with Crippen LogP contribution in [0, 0.1) is 5.41 Å². The molecule has 2 atom stereocenters. The van der Waals surface area contributed by atoms with Gasteiger partial charge in [-0.2, -0.15) is 0 Å². The Kier molecular flexibility index (Phi) is 4.78. The second kappa shape index (κ2) is 5.67. The molecule has 3 heteroatoms. The van der Waals surface area contributed by atoms with Crippen LogP contribution < -0.4 is 0 Å². The zero-order valence-corrected chi connectivity index (χ0v) is 10.9. The van der Waals surface area contributed by atoms with E-state index in [1.54, 1.807) is 0 Å². The molecule has 2 unspecified atom stereocenters. The fourth-order valence-corrected chi connectivity index (χ4v) is 1.58. The van der Waals surface area contributed by atoms with E-state index in [0.717, 1.165) is 12.8 Å². The Morgan fingerprint density at radius 2 is 1.88 bits per heavy atom. The van der Waals surface area contributed by atoms with Gasteiger partial charge in [-0.3, -0.25) is 4.79 Å². The standard InChI is InChI=1S/C13H24O3/c1-10-12(15-10)16-11(14)8-6-5-7-9-13(2,3)4/h10,12H,5-9H2,1-4H3. The van der Waals surface area contributed by atoms with E-state index in [1.165, 1.54) is 12.8 Å². The Labute approximate surface area is 98.5 Å². The molecule has 1 heterocycles. The maximum atomic E-state index is 11.3. The van der Waals surface area contributed by atoms with Crippen molar-refractivity contribution in [3.8, 4) is 0 Å². The lowest BCUT2D eigenvalue weighted by Gasteiger charge is -2.17. The molecule has 0 bridgehead atoms. The number of unbranched alkanes of at least 4 members (excludes halogenated alkanes) is 2. The molecule has 0 N–H and O–H groups in total. The summed E-state index contributed by atoms with van der Waals surface area (Å²) in [5.74, 6) is -0.120. The van der Waals surface area contributed by atoms with Gasteiger partial charge >= 0.3 is 5.97 Å². The van der Waals surface area contributed by atoms with E-state index in [4.69, 9.17) is 9.47 Å². The molecule has 0 aromatic heterocycles. The van der Waals surface area contributed by atoms with E-state index in [-0.39, 0.29) is 18.4 Å². The molecular formula is C13H24O3. The molecule has 1 aliphatic rings. The van der Waals surface area contributed by atoms with Crippen LogP contribution >= 0.6 is 0 Å². The van der Waals surface area contributed by atoms with Gasteiger partial charge in [0, 0.05) is 6.42 Å². The van der Waals surface area contributed by atoms with Crippen LogP contribution in [0.1, 0.15) is 59.8 Å². The lowest BCUT2D eigenvalue weighted by Crippen LogP contribution is -2.08. The first kappa shape index (κ1) is 13.5. The van der Waals surface area contributed by atoms with Crippen molar-refractivity contribution in [1.29, 1.82) is 0 Å². The number of carbonyl (C=O) groups excluding carboxylic acids is 1. The molecule has 0 spiro atoms. The predicted molar refractivity (Wildman–Crippen MR) is 63.0 cm³/mol. The molecule has 0 saturated carbocycles. The van der Waals surface area contributed by atoms with Crippen molar-refractivity contribution in [3.63, 3.8) is 0 Å². The van der Waals surface area contributed by atoms with E-state index in [1.807, 2.05) is 6.92 Å². The number of rotatable bonds is 6. The van der Waals surface area contributed by atoms with Gasteiger partial charge in [0.05, 0.1) is 0 Å². The molecule has 1 aliphatic heterocycles. The van der Waals surface area contributed by atoms with E-state index < -0.39 is 0 Å². The molecular weight excluding hydrogens is 204 g/mol. The van der Waals surface area contributed by atoms with E-state index in [9.17, 15) is 4.79 Å². The van der Waals surface area contributed by atoms with Crippen molar-refractivity contribution >= 4 is 5.97 Å². The molecule has 0 aromatic rings. The second-order valence-corrected chi connectivity index (χ2v) is 5.82. The Morgan fingerprint density at radius 3 is 2.38 bits per heavy atom. The van der Waals surface area contributed by atoms with Crippen molar-refractivity contribution in [2.45, 2.75) is 72.2 Å². The van der Waals surface area contributed by atoms with E-state index in [0.29, 0.717) is 11.8 Å². The van der Waals surface area contributed by atoms with Gasteiger partial charge in [-0.1, -0.05) is 33.6 Å². The highest BCUT2D eigenvalue weighted by Crippen LogP contribution is 2.24. The van der Waals surface area contributed by atoms with Crippen molar-refractivity contribution in [1.82, 2.24) is 0 Å². The number of ether oxygens (including phenoxy) is 2. The highest BCUT2D eigenvalue weighted by Gasteiger charge is 2.37. The quantitative estimate of drug-likeness (QED) is 0.398. The second-order valence-electron chi connectivity index (χ2n) is 5.82. The Hall–Kier alpha value is -0.570. The predicted octanol–water partition coefficient (Wildman–Crippen LogP) is 3.27. The molecule has 1 fully saturated rings. The maximum absolute atomic E-state index is 11.3. The van der Waals surface area contributed by atoms with E-state index >= 15 is 0 Å². The number of hydrogen-bond donors (Lipinski definition) is 0. The molecule has 0 aliphatic carbocycles. The number of carbonyl (C=O) groups is 1. The molecule has 0 amide bonds. The summed E-state index contributed by atoms with van der Waals surface area (Å²) in [7, 11) is 0. The molecule has 0 aromatic carbocycles. The van der Waals surface area contributed by atoms with Crippen LogP contribution in [0.3, 0.4) is 0 Å². The zero-order valence-electron chi connectivity index (χ0n) is 10.9. The normalized spacial score (nSPS) is 24.2. The topological polar surface area (TPSA) is 38.8 Å². The highest BCUT2D eigenvalue weighted by atomic mass is 16.8. The average molecular weight is 228 g/mol. The van der Waals surface area contributed by atoms with Crippen LogP contribution in [-0.4, -0.2) is 18.4 Å². The summed E-state index contributed by atoms with van der Waals surface area (Å²) in [6, 6.07) is 0. The summed E-state index contributed by atoms with van der Waals surface area (Å²) in [5.41, 5.74) is 0.401. The number of epoxide rings is 1. The van der Waals surface area contributed by atoms with Crippen molar-refractivity contribution < 1.29 is 14.3 Å². The third-order valence-electron chi connectivity index (χ3n) is 2.71. The molecule has 3 nitrogen and oxygen atoms in total. The monoisotopic (exact) mass is 228 g/mol. The van der Waals surface area contributed by atoms with Crippen LogP contribution in [0.4, 0.5) is 0 Å². The molecule has 94 valence electrons. The van der Waals surface area contributed by atoms with E-state index in [2.05, 4.69) is 20.8 Å². The molecule has 1 saturated heterocycles. The van der Waals surface area contributed by atoms with Gasteiger partial charge in [-0.25, -0.2) is 0 Å². The number of hydrogen-bond acceptors (Lipinski definition) is 3.